The van der Waals surface area contributed by atoms with Crippen molar-refractivity contribution in [1.29, 1.82) is 0 Å². The molecule has 250 valence electrons. The molecule has 5 aliphatic carbocycles. The number of hydrogen-bond acceptors (Lipinski definition) is 0. The van der Waals surface area contributed by atoms with Gasteiger partial charge in [-0.2, -0.15) is 11.6 Å². The monoisotopic (exact) mass is 734 g/mol. The van der Waals surface area contributed by atoms with Crippen LogP contribution in [0.1, 0.15) is 95.6 Å². The Morgan fingerprint density at radius 1 is 0.870 bits per heavy atom. The van der Waals surface area contributed by atoms with Crippen LogP contribution in [0.15, 0.2) is 96.2 Å². The Bertz CT molecular complexity index is 1440. The molecule has 0 N–H and O–H groups in total. The van der Waals surface area contributed by atoms with Gasteiger partial charge in [0.25, 0.3) is 0 Å². The first-order chi connectivity index (χ1) is 20.3. The molecule has 0 aromatic heterocycles. The van der Waals surface area contributed by atoms with Crippen LogP contribution in [-0.4, -0.2) is 3.21 Å². The number of benzene rings is 1. The van der Waals surface area contributed by atoms with Gasteiger partial charge < -0.3 is 31.2 Å². The first kappa shape index (κ1) is 41.2. The van der Waals surface area contributed by atoms with Crippen molar-refractivity contribution in [2.24, 2.45) is 56.2 Å². The third kappa shape index (κ3) is 6.27. The fraction of sp³-hybridized carbons (Fsp3) is 0.535. The fourth-order valence-corrected chi connectivity index (χ4v) is 10.0. The Morgan fingerprint density at radius 2 is 1.46 bits per heavy atom. The van der Waals surface area contributed by atoms with E-state index in [1.54, 1.807) is 5.57 Å². The molecule has 0 bridgehead atoms. The van der Waals surface area contributed by atoms with E-state index in [2.05, 4.69) is 181 Å². The Kier molecular flexibility index (Phi) is 12.9. The molecule has 2 saturated carbocycles. The van der Waals surface area contributed by atoms with E-state index in [-0.39, 0.29) is 51.9 Å². The number of allylic oxidation sites excluding steroid dienone is 12. The van der Waals surface area contributed by atoms with Gasteiger partial charge in [0, 0.05) is 0 Å². The van der Waals surface area contributed by atoms with Crippen LogP contribution >= 0.6 is 0 Å². The van der Waals surface area contributed by atoms with Gasteiger partial charge in [-0.1, -0.05) is 130 Å². The SMILES string of the molecule is CC1=CC=CC2[CH-]C3(C)C4(C)C=CC=CC4(C)C(C)C(C)C3(C)C12C.CC1[C-]=CC(C(C)(C)C)=C1.C[C](=[Zr+2])c1ccccc1.[Cl-].[Cl-]. The van der Waals surface area contributed by atoms with Gasteiger partial charge in [-0.05, 0) is 40.4 Å². The van der Waals surface area contributed by atoms with Gasteiger partial charge in [-0.25, -0.2) is 6.08 Å². The molecule has 0 nitrogen and oxygen atoms in total. The summed E-state index contributed by atoms with van der Waals surface area (Å²) in [5.41, 5.74) is 5.53. The average Bonchev–Trinajstić information content (AvgIpc) is 3.50. The topological polar surface area (TPSA) is 0 Å². The van der Waals surface area contributed by atoms with Crippen molar-refractivity contribution < 1.29 is 49.0 Å². The maximum absolute atomic E-state index is 3.26. The molecule has 1 aromatic rings. The first-order valence-corrected chi connectivity index (χ1v) is 18.0. The van der Waals surface area contributed by atoms with Crippen molar-refractivity contribution in [3.63, 3.8) is 0 Å². The van der Waals surface area contributed by atoms with Crippen molar-refractivity contribution >= 4 is 3.21 Å². The molecular formula is C43H58Cl2Zr-2. The Morgan fingerprint density at radius 3 is 1.93 bits per heavy atom. The van der Waals surface area contributed by atoms with E-state index in [1.807, 2.05) is 6.07 Å². The molecule has 0 saturated heterocycles. The van der Waals surface area contributed by atoms with Crippen LogP contribution < -0.4 is 24.8 Å². The van der Waals surface area contributed by atoms with Crippen molar-refractivity contribution in [2.45, 2.75) is 90.0 Å². The van der Waals surface area contributed by atoms with Crippen LogP contribution in [0.5, 0.6) is 0 Å². The molecular weight excluding hydrogens is 679 g/mol. The van der Waals surface area contributed by atoms with Crippen LogP contribution in [-0.2, 0) is 24.2 Å². The third-order valence-electron chi connectivity index (χ3n) is 13.6. The van der Waals surface area contributed by atoms with Gasteiger partial charge in [-0.15, -0.1) is 17.4 Å². The van der Waals surface area contributed by atoms with E-state index in [4.69, 9.17) is 0 Å². The molecule has 0 aliphatic heterocycles. The van der Waals surface area contributed by atoms with Crippen molar-refractivity contribution in [3.8, 4) is 0 Å². The normalized spacial score (nSPS) is 39.5. The Labute approximate surface area is 310 Å². The van der Waals surface area contributed by atoms with Gasteiger partial charge >= 0.3 is 70.3 Å². The first-order valence-electron chi connectivity index (χ1n) is 16.8. The fourth-order valence-electron chi connectivity index (χ4n) is 9.63. The van der Waals surface area contributed by atoms with Gasteiger partial charge in [0.15, 0.2) is 0 Å². The quantitative estimate of drug-likeness (QED) is 0.333. The molecule has 1 aromatic carbocycles. The summed E-state index contributed by atoms with van der Waals surface area (Å²) in [6.07, 6.45) is 27.1. The molecule has 0 amide bonds. The predicted octanol–water partition coefficient (Wildman–Crippen LogP) is 5.53. The van der Waals surface area contributed by atoms with Gasteiger partial charge in [0.1, 0.15) is 0 Å². The zero-order valence-electron chi connectivity index (χ0n) is 30.7. The van der Waals surface area contributed by atoms with Crippen LogP contribution in [0.2, 0.25) is 0 Å². The zero-order chi connectivity index (χ0) is 32.9. The summed E-state index contributed by atoms with van der Waals surface area (Å²) in [5.74, 6) is 2.34. The van der Waals surface area contributed by atoms with Gasteiger partial charge in [0.05, 0.1) is 0 Å². The average molecular weight is 737 g/mol. The second kappa shape index (κ2) is 14.5. The maximum atomic E-state index is 3.26. The van der Waals surface area contributed by atoms with Crippen LogP contribution in [0, 0.1) is 68.7 Å². The van der Waals surface area contributed by atoms with E-state index >= 15 is 0 Å². The summed E-state index contributed by atoms with van der Waals surface area (Å²) < 4.78 is 1.46. The van der Waals surface area contributed by atoms with Crippen molar-refractivity contribution in [3.05, 3.63) is 114 Å². The molecule has 0 radical (unpaired) electrons. The molecule has 5 aliphatic rings. The molecule has 46 heavy (non-hydrogen) atoms. The maximum Gasteiger partial charge on any atom is -1.00 e. The number of halogens is 2. The van der Waals surface area contributed by atoms with E-state index in [1.165, 1.54) is 38.6 Å². The van der Waals surface area contributed by atoms with Crippen molar-refractivity contribution in [1.82, 2.24) is 0 Å². The second-order valence-corrected chi connectivity index (χ2v) is 18.1. The summed E-state index contributed by atoms with van der Waals surface area (Å²) in [4.78, 5) is 0. The van der Waals surface area contributed by atoms with Crippen LogP contribution in [0.4, 0.5) is 0 Å². The zero-order valence-corrected chi connectivity index (χ0v) is 34.7. The number of hydrogen-bond donors (Lipinski definition) is 0. The summed E-state index contributed by atoms with van der Waals surface area (Å²) >= 11 is 1.51. The summed E-state index contributed by atoms with van der Waals surface area (Å²) in [6.45, 7) is 31.2. The molecule has 2 fully saturated rings. The Balaban J connectivity index is 0.000000291. The molecule has 0 heterocycles. The molecule has 6 rings (SSSR count). The van der Waals surface area contributed by atoms with E-state index in [9.17, 15) is 0 Å². The minimum absolute atomic E-state index is 0. The largest absolute Gasteiger partial charge is 1.00 e. The molecule has 3 heteroatoms. The van der Waals surface area contributed by atoms with Crippen LogP contribution in [0.25, 0.3) is 0 Å². The van der Waals surface area contributed by atoms with Gasteiger partial charge in [-0.3, -0.25) is 6.08 Å². The molecule has 9 unspecified atom stereocenters. The smallest absolute Gasteiger partial charge is 1.00 e. The standard InChI is InChI=1S/C25H35.C10H15.C8H8.2ClH.Zr/c1-17-12-11-13-20-16-23(6)22(5)15-10-9-14-21(22,4)18(2)19(3)25(23,8)24(17,20)7;1-8-5-6-9(7-8)10(2,3)4;1-2-8-6-4-3-5-7-8;;;/h9-16,18-20H,1-8H3;6-8H,1-4H3;3-7H,1H3;2*1H;/q2*-1;;;;+2/p-2. The van der Waals surface area contributed by atoms with Crippen LogP contribution in [0.3, 0.4) is 0 Å². The summed E-state index contributed by atoms with van der Waals surface area (Å²) in [6, 6.07) is 10.5. The Hall–Kier alpha value is -1.01. The number of rotatable bonds is 1. The van der Waals surface area contributed by atoms with Gasteiger partial charge in [0.2, 0.25) is 0 Å². The second-order valence-electron chi connectivity index (χ2n) is 16.3. The molecule has 0 spiro atoms. The number of fused-ring (bicyclic) bond motifs is 5. The van der Waals surface area contributed by atoms with E-state index in [0.717, 1.165) is 0 Å². The van der Waals surface area contributed by atoms with E-state index < -0.39 is 0 Å². The third-order valence-corrected chi connectivity index (χ3v) is 14.3. The van der Waals surface area contributed by atoms with Crippen molar-refractivity contribution in [2.75, 3.05) is 0 Å². The predicted molar refractivity (Wildman–Crippen MR) is 189 cm³/mol. The summed E-state index contributed by atoms with van der Waals surface area (Å²) in [7, 11) is 0. The molecule has 9 atom stereocenters. The minimum atomic E-state index is 0. The minimum Gasteiger partial charge on any atom is -1.00 e. The van der Waals surface area contributed by atoms with E-state index in [0.29, 0.717) is 29.1 Å². The summed E-state index contributed by atoms with van der Waals surface area (Å²) in [5, 5.41) is 0.